The predicted molar refractivity (Wildman–Crippen MR) is 195 cm³/mol. The lowest BCUT2D eigenvalue weighted by molar-refractivity contribution is 0.628. The van der Waals surface area contributed by atoms with Crippen molar-refractivity contribution in [2.24, 2.45) is 0 Å². The summed E-state index contributed by atoms with van der Waals surface area (Å²) in [6.07, 6.45) is 0. The van der Waals surface area contributed by atoms with E-state index in [0.717, 1.165) is 60.6 Å². The van der Waals surface area contributed by atoms with E-state index in [4.69, 9.17) is 4.98 Å². The van der Waals surface area contributed by atoms with Crippen molar-refractivity contribution in [1.82, 2.24) is 4.98 Å². The second kappa shape index (κ2) is 10.5. The number of pyridine rings is 1. The van der Waals surface area contributed by atoms with Gasteiger partial charge in [0, 0.05) is 27.1 Å². The van der Waals surface area contributed by atoms with Gasteiger partial charge in [0.2, 0.25) is 0 Å². The zero-order valence-electron chi connectivity index (χ0n) is 26.6. The molecule has 0 radical (unpaired) electrons. The highest BCUT2D eigenvalue weighted by Gasteiger charge is 2.35. The summed E-state index contributed by atoms with van der Waals surface area (Å²) in [6, 6.07) is 49.6. The summed E-state index contributed by atoms with van der Waals surface area (Å²) in [4.78, 5) is 5.14. The van der Waals surface area contributed by atoms with Crippen molar-refractivity contribution in [3.63, 3.8) is 0 Å². The number of benzene rings is 7. The molecule has 0 bridgehead atoms. The second-order valence-corrected chi connectivity index (χ2v) is 13.2. The quantitative estimate of drug-likeness (QED) is 0.185. The van der Waals surface area contributed by atoms with Gasteiger partial charge in [-0.15, -0.1) is 0 Å². The molecule has 7 aromatic carbocycles. The first kappa shape index (κ1) is 28.1. The molecule has 48 heavy (non-hydrogen) atoms. The van der Waals surface area contributed by atoms with Crippen LogP contribution in [0.4, 0.5) is 4.39 Å². The Morgan fingerprint density at radius 3 is 1.98 bits per heavy atom. The Bertz CT molecular complexity index is 2660. The molecule has 0 saturated carbocycles. The third kappa shape index (κ3) is 4.20. The van der Waals surface area contributed by atoms with E-state index in [1.54, 1.807) is 0 Å². The van der Waals surface area contributed by atoms with E-state index in [0.29, 0.717) is 5.56 Å². The van der Waals surface area contributed by atoms with E-state index in [9.17, 15) is 9.65 Å². The molecule has 0 unspecified atom stereocenters. The van der Waals surface area contributed by atoms with E-state index < -0.39 is 0 Å². The molecule has 0 amide bonds. The minimum atomic E-state index is -0.266. The van der Waals surface area contributed by atoms with Crippen LogP contribution in [0.2, 0.25) is 0 Å². The lowest BCUT2D eigenvalue weighted by Crippen LogP contribution is -2.15. The van der Waals surface area contributed by atoms with Crippen molar-refractivity contribution in [2.45, 2.75) is 19.3 Å². The number of hydrogen-bond acceptors (Lipinski definition) is 2. The van der Waals surface area contributed by atoms with Gasteiger partial charge in [-0.1, -0.05) is 92.7 Å². The molecule has 8 aromatic rings. The van der Waals surface area contributed by atoms with Gasteiger partial charge in [-0.2, -0.15) is 5.26 Å². The number of aromatic nitrogens is 1. The summed E-state index contributed by atoms with van der Waals surface area (Å²) < 4.78 is 14.0. The molecule has 1 aromatic heterocycles. The highest BCUT2D eigenvalue weighted by Crippen LogP contribution is 2.50. The van der Waals surface area contributed by atoms with Gasteiger partial charge in [0.05, 0.1) is 22.8 Å². The standard InChI is InChI=1S/C45H29FN2/c1-45(2)40-22-27(26-47)14-20-34(40)35-21-17-30(24-41(35)45)29-8-7-9-31(23-29)38-25-39-43(36-11-4-3-10-33(36)38)37-12-5-6-13-42(37)48-44(39)28-15-18-32(46)19-16-28/h3-25H,1-2H3. The summed E-state index contributed by atoms with van der Waals surface area (Å²) in [5.74, 6) is -0.266. The highest BCUT2D eigenvalue weighted by atomic mass is 19.1. The zero-order valence-corrected chi connectivity index (χ0v) is 26.6. The fraction of sp³-hybridized carbons (Fsp3) is 0.0667. The average Bonchev–Trinajstić information content (AvgIpc) is 3.36. The first-order valence-corrected chi connectivity index (χ1v) is 16.2. The molecule has 0 saturated heterocycles. The van der Waals surface area contributed by atoms with Crippen LogP contribution in [-0.2, 0) is 5.41 Å². The molecule has 226 valence electrons. The molecule has 0 atom stereocenters. The maximum absolute atomic E-state index is 14.0. The second-order valence-electron chi connectivity index (χ2n) is 13.2. The lowest BCUT2D eigenvalue weighted by atomic mass is 9.81. The summed E-state index contributed by atoms with van der Waals surface area (Å²) in [5.41, 5.74) is 12.5. The van der Waals surface area contributed by atoms with Crippen molar-refractivity contribution < 1.29 is 4.39 Å². The van der Waals surface area contributed by atoms with E-state index in [1.165, 1.54) is 39.8 Å². The Labute approximate surface area is 278 Å². The largest absolute Gasteiger partial charge is 0.247 e. The number of para-hydroxylation sites is 1. The van der Waals surface area contributed by atoms with E-state index in [2.05, 4.69) is 111 Å². The normalized spacial score (nSPS) is 13.0. The van der Waals surface area contributed by atoms with Crippen LogP contribution in [-0.4, -0.2) is 4.98 Å². The molecule has 0 spiro atoms. The van der Waals surface area contributed by atoms with Crippen LogP contribution in [0.15, 0.2) is 140 Å². The average molecular weight is 617 g/mol. The third-order valence-corrected chi connectivity index (χ3v) is 10.1. The van der Waals surface area contributed by atoms with E-state index >= 15 is 0 Å². The first-order valence-electron chi connectivity index (χ1n) is 16.2. The molecule has 1 aliphatic carbocycles. The monoisotopic (exact) mass is 616 g/mol. The number of halogens is 1. The Kier molecular flexibility index (Phi) is 6.13. The van der Waals surface area contributed by atoms with Crippen LogP contribution >= 0.6 is 0 Å². The van der Waals surface area contributed by atoms with Gasteiger partial charge in [-0.3, -0.25) is 0 Å². The number of rotatable bonds is 3. The first-order chi connectivity index (χ1) is 23.4. The zero-order chi connectivity index (χ0) is 32.6. The van der Waals surface area contributed by atoms with Gasteiger partial charge in [-0.05, 0) is 116 Å². The summed E-state index contributed by atoms with van der Waals surface area (Å²) in [5, 5.41) is 15.2. The Hall–Kier alpha value is -6.11. The Balaban J connectivity index is 1.25. The summed E-state index contributed by atoms with van der Waals surface area (Å²) in [6.45, 7) is 4.49. The topological polar surface area (TPSA) is 36.7 Å². The van der Waals surface area contributed by atoms with Crippen LogP contribution in [0.1, 0.15) is 30.5 Å². The fourth-order valence-electron chi connectivity index (χ4n) is 7.74. The van der Waals surface area contributed by atoms with Crippen LogP contribution in [0.3, 0.4) is 0 Å². The summed E-state index contributed by atoms with van der Waals surface area (Å²) >= 11 is 0. The molecule has 0 N–H and O–H groups in total. The number of fused-ring (bicyclic) bond motifs is 8. The maximum Gasteiger partial charge on any atom is 0.123 e. The SMILES string of the molecule is CC1(C)c2cc(C#N)ccc2-c2ccc(-c3cccc(-c4cc5c(-c6ccc(F)cc6)nc6ccccc6c5c5ccccc45)c3)cc21. The number of nitriles is 1. The van der Waals surface area contributed by atoms with Gasteiger partial charge in [0.1, 0.15) is 5.82 Å². The molecule has 1 aliphatic rings. The van der Waals surface area contributed by atoms with Crippen molar-refractivity contribution in [3.05, 3.63) is 162 Å². The molecular weight excluding hydrogens is 588 g/mol. The minimum Gasteiger partial charge on any atom is -0.247 e. The number of hydrogen-bond donors (Lipinski definition) is 0. The molecular formula is C45H29FN2. The third-order valence-electron chi connectivity index (χ3n) is 10.1. The Morgan fingerprint density at radius 1 is 0.542 bits per heavy atom. The maximum atomic E-state index is 14.0. The van der Waals surface area contributed by atoms with E-state index in [1.807, 2.05) is 36.4 Å². The molecule has 1 heterocycles. The van der Waals surface area contributed by atoms with Gasteiger partial charge >= 0.3 is 0 Å². The molecule has 0 fully saturated rings. The molecule has 2 nitrogen and oxygen atoms in total. The van der Waals surface area contributed by atoms with Crippen LogP contribution in [0, 0.1) is 17.1 Å². The van der Waals surface area contributed by atoms with Gasteiger partial charge in [0.15, 0.2) is 0 Å². The van der Waals surface area contributed by atoms with Crippen molar-refractivity contribution in [1.29, 1.82) is 5.26 Å². The van der Waals surface area contributed by atoms with Crippen molar-refractivity contribution in [3.8, 4) is 50.7 Å². The molecule has 3 heteroatoms. The van der Waals surface area contributed by atoms with Crippen molar-refractivity contribution >= 4 is 32.4 Å². The lowest BCUT2D eigenvalue weighted by Gasteiger charge is -2.22. The fourth-order valence-corrected chi connectivity index (χ4v) is 7.74. The molecule has 0 aliphatic heterocycles. The van der Waals surface area contributed by atoms with E-state index in [-0.39, 0.29) is 11.2 Å². The minimum absolute atomic E-state index is 0.216. The number of nitrogens with zero attached hydrogens (tertiary/aromatic N) is 2. The predicted octanol–water partition coefficient (Wildman–Crippen LogP) is 11.9. The van der Waals surface area contributed by atoms with Gasteiger partial charge in [-0.25, -0.2) is 9.37 Å². The van der Waals surface area contributed by atoms with Crippen LogP contribution in [0.25, 0.3) is 77.1 Å². The smallest absolute Gasteiger partial charge is 0.123 e. The van der Waals surface area contributed by atoms with Gasteiger partial charge in [0.25, 0.3) is 0 Å². The van der Waals surface area contributed by atoms with Crippen LogP contribution < -0.4 is 0 Å². The molecule has 9 rings (SSSR count). The highest BCUT2D eigenvalue weighted by molar-refractivity contribution is 6.25. The summed E-state index contributed by atoms with van der Waals surface area (Å²) in [7, 11) is 0. The van der Waals surface area contributed by atoms with Gasteiger partial charge < -0.3 is 0 Å². The van der Waals surface area contributed by atoms with Crippen molar-refractivity contribution in [2.75, 3.05) is 0 Å². The van der Waals surface area contributed by atoms with Crippen LogP contribution in [0.5, 0.6) is 0 Å². The Morgan fingerprint density at radius 2 is 1.19 bits per heavy atom.